The van der Waals surface area contributed by atoms with Crippen molar-refractivity contribution in [2.75, 3.05) is 0 Å². The first-order chi connectivity index (χ1) is 8.93. The van der Waals surface area contributed by atoms with E-state index in [0.29, 0.717) is 6.42 Å². The van der Waals surface area contributed by atoms with Crippen LogP contribution in [0.4, 0.5) is 0 Å². The fourth-order valence-corrected chi connectivity index (χ4v) is 1.69. The van der Waals surface area contributed by atoms with E-state index in [0.717, 1.165) is 12.0 Å². The summed E-state index contributed by atoms with van der Waals surface area (Å²) in [5.41, 5.74) is 2.12. The number of rotatable bonds is 6. The van der Waals surface area contributed by atoms with Crippen molar-refractivity contribution in [2.24, 2.45) is 5.92 Å². The summed E-state index contributed by atoms with van der Waals surface area (Å²) >= 11 is 0. The number of hydrogen-bond acceptors (Lipinski definition) is 2. The van der Waals surface area contributed by atoms with Gasteiger partial charge in [-0.25, -0.2) is 4.79 Å². The smallest absolute Gasteiger partial charge is 0.326 e. The van der Waals surface area contributed by atoms with E-state index in [-0.39, 0.29) is 11.8 Å². The van der Waals surface area contributed by atoms with Gasteiger partial charge in [-0.1, -0.05) is 45.0 Å². The normalized spacial score (nSPS) is 12.2. The Morgan fingerprint density at radius 2 is 1.68 bits per heavy atom. The van der Waals surface area contributed by atoms with Crippen LogP contribution in [0.2, 0.25) is 0 Å². The van der Waals surface area contributed by atoms with Gasteiger partial charge in [-0.2, -0.15) is 0 Å². The van der Waals surface area contributed by atoms with Gasteiger partial charge in [0, 0.05) is 12.3 Å². The molecule has 1 amide bonds. The van der Waals surface area contributed by atoms with Crippen LogP contribution in [0.5, 0.6) is 0 Å². The summed E-state index contributed by atoms with van der Waals surface area (Å²) in [6, 6.07) is 6.92. The Labute approximate surface area is 113 Å². The molecule has 1 aromatic rings. The maximum absolute atomic E-state index is 11.6. The molecule has 0 radical (unpaired) electrons. The van der Waals surface area contributed by atoms with Gasteiger partial charge in [-0.05, 0) is 17.5 Å². The first-order valence-corrected chi connectivity index (χ1v) is 6.55. The van der Waals surface area contributed by atoms with Crippen LogP contribution in [0, 0.1) is 5.92 Å². The zero-order valence-corrected chi connectivity index (χ0v) is 11.6. The molecular weight excluding hydrogens is 242 g/mol. The summed E-state index contributed by atoms with van der Waals surface area (Å²) < 4.78 is 0. The topological polar surface area (TPSA) is 66.4 Å². The summed E-state index contributed by atoms with van der Waals surface area (Å²) in [7, 11) is 0. The third-order valence-corrected chi connectivity index (χ3v) is 3.01. The fraction of sp³-hybridized carbons (Fsp3) is 0.467. The molecule has 1 aromatic carbocycles. The van der Waals surface area contributed by atoms with Crippen molar-refractivity contribution in [1.82, 2.24) is 5.32 Å². The van der Waals surface area contributed by atoms with Gasteiger partial charge < -0.3 is 10.4 Å². The van der Waals surface area contributed by atoms with Crippen molar-refractivity contribution < 1.29 is 14.7 Å². The van der Waals surface area contributed by atoms with E-state index in [1.807, 2.05) is 24.3 Å². The molecule has 0 aliphatic carbocycles. The van der Waals surface area contributed by atoms with Gasteiger partial charge in [0.1, 0.15) is 6.04 Å². The molecule has 0 heterocycles. The third-order valence-electron chi connectivity index (χ3n) is 3.01. The van der Waals surface area contributed by atoms with Crippen LogP contribution in [-0.4, -0.2) is 23.0 Å². The van der Waals surface area contributed by atoms with Gasteiger partial charge in [0.25, 0.3) is 0 Å². The van der Waals surface area contributed by atoms with Gasteiger partial charge in [0.2, 0.25) is 5.91 Å². The lowest BCUT2D eigenvalue weighted by Crippen LogP contribution is -2.44. The number of carbonyl (C=O) groups excluding carboxylic acids is 1. The Morgan fingerprint density at radius 1 is 1.16 bits per heavy atom. The highest BCUT2D eigenvalue weighted by molar-refractivity contribution is 5.84. The fourth-order valence-electron chi connectivity index (χ4n) is 1.69. The molecule has 4 nitrogen and oxygen atoms in total. The van der Waals surface area contributed by atoms with Crippen molar-refractivity contribution in [3.63, 3.8) is 0 Å². The average molecular weight is 263 g/mol. The van der Waals surface area contributed by atoms with Crippen molar-refractivity contribution >= 4 is 11.9 Å². The van der Waals surface area contributed by atoms with E-state index in [2.05, 4.69) is 12.2 Å². The molecule has 0 spiro atoms. The maximum Gasteiger partial charge on any atom is 0.326 e. The van der Waals surface area contributed by atoms with E-state index in [4.69, 9.17) is 5.11 Å². The second-order valence-corrected chi connectivity index (χ2v) is 4.93. The van der Waals surface area contributed by atoms with Gasteiger partial charge in [-0.15, -0.1) is 0 Å². The van der Waals surface area contributed by atoms with Crippen LogP contribution in [0.3, 0.4) is 0 Å². The van der Waals surface area contributed by atoms with E-state index in [9.17, 15) is 9.59 Å². The van der Waals surface area contributed by atoms with Gasteiger partial charge in [0.15, 0.2) is 0 Å². The van der Waals surface area contributed by atoms with Crippen LogP contribution < -0.4 is 5.32 Å². The minimum atomic E-state index is -1.01. The minimum absolute atomic E-state index is 0.218. The summed E-state index contributed by atoms with van der Waals surface area (Å²) in [5, 5.41) is 11.7. The largest absolute Gasteiger partial charge is 0.480 e. The second kappa shape index (κ2) is 6.92. The summed E-state index contributed by atoms with van der Waals surface area (Å²) in [4.78, 5) is 22.7. The lowest BCUT2D eigenvalue weighted by atomic mass is 10.0. The monoisotopic (exact) mass is 263 g/mol. The molecule has 0 aliphatic rings. The molecule has 1 rings (SSSR count). The first-order valence-electron chi connectivity index (χ1n) is 6.55. The van der Waals surface area contributed by atoms with Crippen LogP contribution >= 0.6 is 0 Å². The van der Waals surface area contributed by atoms with Crippen molar-refractivity contribution in [2.45, 2.75) is 39.7 Å². The number of benzene rings is 1. The second-order valence-electron chi connectivity index (χ2n) is 4.93. The Hall–Kier alpha value is -1.84. The summed E-state index contributed by atoms with van der Waals surface area (Å²) in [6.45, 7) is 5.55. The average Bonchev–Trinajstić information content (AvgIpc) is 2.38. The molecule has 1 atom stereocenters. The van der Waals surface area contributed by atoms with Gasteiger partial charge >= 0.3 is 5.97 Å². The number of carboxylic acids is 1. The molecule has 2 N–H and O–H groups in total. The zero-order chi connectivity index (χ0) is 14.4. The van der Waals surface area contributed by atoms with E-state index >= 15 is 0 Å². The summed E-state index contributed by atoms with van der Waals surface area (Å²) in [5.74, 6) is -1.46. The van der Waals surface area contributed by atoms with E-state index in [1.54, 1.807) is 13.8 Å². The molecule has 0 saturated heterocycles. The van der Waals surface area contributed by atoms with Crippen molar-refractivity contribution in [1.29, 1.82) is 0 Å². The first kappa shape index (κ1) is 15.2. The number of nitrogens with one attached hydrogen (secondary N) is 1. The number of amides is 1. The molecule has 0 bridgehead atoms. The predicted molar refractivity (Wildman–Crippen MR) is 73.9 cm³/mol. The highest BCUT2D eigenvalue weighted by Crippen LogP contribution is 2.08. The highest BCUT2D eigenvalue weighted by atomic mass is 16.4. The molecular formula is C15H21NO3. The molecule has 1 unspecified atom stereocenters. The van der Waals surface area contributed by atoms with Crippen LogP contribution in [0.25, 0.3) is 0 Å². The Balaban J connectivity index is 2.72. The van der Waals surface area contributed by atoms with Crippen LogP contribution in [-0.2, 0) is 22.4 Å². The number of aryl methyl sites for hydroxylation is 1. The number of carbonyl (C=O) groups is 2. The number of hydrogen-bond donors (Lipinski definition) is 2. The van der Waals surface area contributed by atoms with Crippen LogP contribution in [0.15, 0.2) is 24.3 Å². The number of aliphatic carboxylic acids is 1. The molecule has 104 valence electrons. The number of carboxylic acid groups (broad SMARTS) is 1. The molecule has 0 aliphatic heterocycles. The standard InChI is InChI=1S/C15H21NO3/c1-4-11-5-7-12(8-6-11)9-13(15(18)19)16-14(17)10(2)3/h5-8,10,13H,4,9H2,1-3H3,(H,16,17)(H,18,19). The Bertz CT molecular complexity index is 437. The third kappa shape index (κ3) is 4.73. The van der Waals surface area contributed by atoms with Crippen molar-refractivity contribution in [3.8, 4) is 0 Å². The molecule has 0 fully saturated rings. The van der Waals surface area contributed by atoms with Crippen LogP contribution in [0.1, 0.15) is 31.9 Å². The van der Waals surface area contributed by atoms with Gasteiger partial charge in [0.05, 0.1) is 0 Å². The summed E-state index contributed by atoms with van der Waals surface area (Å²) in [6.07, 6.45) is 1.25. The lowest BCUT2D eigenvalue weighted by molar-refractivity contribution is -0.142. The van der Waals surface area contributed by atoms with E-state index in [1.165, 1.54) is 5.56 Å². The van der Waals surface area contributed by atoms with Crippen molar-refractivity contribution in [3.05, 3.63) is 35.4 Å². The molecule has 0 aromatic heterocycles. The highest BCUT2D eigenvalue weighted by Gasteiger charge is 2.21. The zero-order valence-electron chi connectivity index (χ0n) is 11.6. The quantitative estimate of drug-likeness (QED) is 0.825. The lowest BCUT2D eigenvalue weighted by Gasteiger charge is -2.16. The SMILES string of the molecule is CCc1ccc(CC(NC(=O)C(C)C)C(=O)O)cc1. The maximum atomic E-state index is 11.6. The minimum Gasteiger partial charge on any atom is -0.480 e. The molecule has 4 heteroatoms. The Kier molecular flexibility index (Phi) is 5.55. The molecule has 19 heavy (non-hydrogen) atoms. The predicted octanol–water partition coefficient (Wildman–Crippen LogP) is 2.02. The van der Waals surface area contributed by atoms with Gasteiger partial charge in [-0.3, -0.25) is 4.79 Å². The molecule has 0 saturated carbocycles. The Morgan fingerprint density at radius 3 is 2.11 bits per heavy atom. The van der Waals surface area contributed by atoms with E-state index < -0.39 is 12.0 Å².